The van der Waals surface area contributed by atoms with E-state index in [4.69, 9.17) is 4.74 Å². The van der Waals surface area contributed by atoms with Crippen molar-refractivity contribution in [3.05, 3.63) is 59.8 Å². The molecule has 1 aliphatic rings. The first-order chi connectivity index (χ1) is 15.4. The number of piperidine rings is 1. The van der Waals surface area contributed by atoms with Crippen LogP contribution in [0.3, 0.4) is 0 Å². The van der Waals surface area contributed by atoms with Gasteiger partial charge in [0, 0.05) is 30.2 Å². The molecule has 1 fully saturated rings. The number of hydrogen-bond donors (Lipinski definition) is 1. The summed E-state index contributed by atoms with van der Waals surface area (Å²) < 4.78 is 61.0. The molecule has 1 saturated heterocycles. The van der Waals surface area contributed by atoms with E-state index in [1.54, 1.807) is 23.4 Å². The number of ether oxygens (including phenoxy) is 2. The topological polar surface area (TPSA) is 71.6 Å². The predicted molar refractivity (Wildman–Crippen MR) is 119 cm³/mol. The molecule has 2 aromatic carbocycles. The summed E-state index contributed by atoms with van der Waals surface area (Å²) in [5.74, 6) is 1.17. The lowest BCUT2D eigenvalue weighted by Gasteiger charge is -2.30. The first kappa shape index (κ1) is 22.5. The summed E-state index contributed by atoms with van der Waals surface area (Å²) in [5.41, 5.74) is 2.87. The van der Waals surface area contributed by atoms with Gasteiger partial charge in [-0.15, -0.1) is 0 Å². The molecule has 0 unspecified atom stereocenters. The van der Waals surface area contributed by atoms with Crippen molar-refractivity contribution < 1.29 is 26.7 Å². The largest absolute Gasteiger partial charge is 0.489 e. The fourth-order valence-corrected chi connectivity index (χ4v) is 5.29. The number of sulfonamides is 1. The molecule has 4 rings (SSSR count). The van der Waals surface area contributed by atoms with Crippen molar-refractivity contribution in [3.63, 3.8) is 0 Å². The monoisotopic (exact) mass is 464 g/mol. The molecular formula is C23H26F2N2O4S. The molecule has 172 valence electrons. The third kappa shape index (κ3) is 5.05. The zero-order chi connectivity index (χ0) is 22.7. The van der Waals surface area contributed by atoms with Crippen molar-refractivity contribution in [1.82, 2.24) is 9.29 Å². The van der Waals surface area contributed by atoms with Crippen molar-refractivity contribution in [2.24, 2.45) is 0 Å². The second-order valence-electron chi connectivity index (χ2n) is 7.84. The molecular weight excluding hydrogens is 438 g/mol. The van der Waals surface area contributed by atoms with Gasteiger partial charge < -0.3 is 14.5 Å². The standard InChI is InChI=1S/C23H26F2N2O4S/c1-2-32(28,29)27-10-8-17(9-11-27)21-14-26-22-7-6-18(13-20(21)22)30-15-16-4-3-5-19(12-16)31-23(24)25/h3-7,12-14,17,23,26H,2,8-11,15H2,1H3. The van der Waals surface area contributed by atoms with Gasteiger partial charge in [0.05, 0.1) is 5.75 Å². The lowest BCUT2D eigenvalue weighted by Crippen LogP contribution is -2.38. The van der Waals surface area contributed by atoms with Crippen LogP contribution in [-0.2, 0) is 16.6 Å². The smallest absolute Gasteiger partial charge is 0.387 e. The Kier molecular flexibility index (Phi) is 6.66. The van der Waals surface area contributed by atoms with Crippen LogP contribution in [0.25, 0.3) is 10.9 Å². The minimum Gasteiger partial charge on any atom is -0.489 e. The maximum absolute atomic E-state index is 12.4. The van der Waals surface area contributed by atoms with E-state index in [0.717, 1.165) is 34.9 Å². The second kappa shape index (κ2) is 9.46. The lowest BCUT2D eigenvalue weighted by atomic mass is 9.90. The molecule has 0 atom stereocenters. The minimum absolute atomic E-state index is 0.0981. The Balaban J connectivity index is 1.45. The van der Waals surface area contributed by atoms with E-state index in [-0.39, 0.29) is 24.0 Å². The zero-order valence-corrected chi connectivity index (χ0v) is 18.6. The molecule has 0 aliphatic carbocycles. The molecule has 1 N–H and O–H groups in total. The normalized spacial score (nSPS) is 16.0. The van der Waals surface area contributed by atoms with Crippen molar-refractivity contribution in [3.8, 4) is 11.5 Å². The Bertz CT molecular complexity index is 1170. The Morgan fingerprint density at radius 3 is 2.62 bits per heavy atom. The van der Waals surface area contributed by atoms with Crippen LogP contribution in [0, 0.1) is 0 Å². The highest BCUT2D eigenvalue weighted by Crippen LogP contribution is 2.35. The molecule has 1 aliphatic heterocycles. The van der Waals surface area contributed by atoms with Crippen molar-refractivity contribution in [2.45, 2.75) is 38.9 Å². The van der Waals surface area contributed by atoms with Crippen LogP contribution in [0.1, 0.15) is 36.8 Å². The van der Waals surface area contributed by atoms with Crippen LogP contribution in [0.2, 0.25) is 0 Å². The van der Waals surface area contributed by atoms with Gasteiger partial charge in [0.1, 0.15) is 18.1 Å². The molecule has 3 aromatic rings. The number of fused-ring (bicyclic) bond motifs is 1. The quantitative estimate of drug-likeness (QED) is 0.516. The third-order valence-electron chi connectivity index (χ3n) is 5.87. The van der Waals surface area contributed by atoms with E-state index in [1.165, 1.54) is 12.1 Å². The second-order valence-corrected chi connectivity index (χ2v) is 10.1. The number of nitrogens with one attached hydrogen (secondary N) is 1. The number of H-pyrrole nitrogens is 1. The van der Waals surface area contributed by atoms with Crippen LogP contribution < -0.4 is 9.47 Å². The van der Waals surface area contributed by atoms with E-state index in [1.807, 2.05) is 24.4 Å². The maximum atomic E-state index is 12.4. The average Bonchev–Trinajstić information content (AvgIpc) is 3.21. The number of halogens is 2. The molecule has 1 aromatic heterocycles. The highest BCUT2D eigenvalue weighted by Gasteiger charge is 2.28. The summed E-state index contributed by atoms with van der Waals surface area (Å²) >= 11 is 0. The van der Waals surface area contributed by atoms with Crippen molar-refractivity contribution in [2.75, 3.05) is 18.8 Å². The Hall–Kier alpha value is -2.65. The molecule has 0 radical (unpaired) electrons. The van der Waals surface area contributed by atoms with Crippen LogP contribution in [0.5, 0.6) is 11.5 Å². The first-order valence-corrected chi connectivity index (χ1v) is 12.2. The van der Waals surface area contributed by atoms with Crippen LogP contribution in [0.4, 0.5) is 8.78 Å². The zero-order valence-electron chi connectivity index (χ0n) is 17.8. The van der Waals surface area contributed by atoms with Gasteiger partial charge in [-0.25, -0.2) is 12.7 Å². The van der Waals surface area contributed by atoms with Gasteiger partial charge in [0.2, 0.25) is 10.0 Å². The number of aromatic amines is 1. The molecule has 9 heteroatoms. The number of nitrogens with zero attached hydrogens (tertiary/aromatic N) is 1. The highest BCUT2D eigenvalue weighted by atomic mass is 32.2. The van der Waals surface area contributed by atoms with Gasteiger partial charge in [0.25, 0.3) is 0 Å². The number of rotatable bonds is 8. The van der Waals surface area contributed by atoms with E-state index < -0.39 is 16.6 Å². The number of hydrogen-bond acceptors (Lipinski definition) is 4. The molecule has 0 spiro atoms. The minimum atomic E-state index is -3.15. The third-order valence-corrected chi connectivity index (χ3v) is 7.75. The maximum Gasteiger partial charge on any atom is 0.387 e. The highest BCUT2D eigenvalue weighted by molar-refractivity contribution is 7.89. The summed E-state index contributed by atoms with van der Waals surface area (Å²) in [5, 5.41) is 1.05. The van der Waals surface area contributed by atoms with E-state index in [2.05, 4.69) is 9.72 Å². The van der Waals surface area contributed by atoms with Crippen LogP contribution in [0.15, 0.2) is 48.7 Å². The van der Waals surface area contributed by atoms with Gasteiger partial charge >= 0.3 is 6.61 Å². The summed E-state index contributed by atoms with van der Waals surface area (Å²) in [6, 6.07) is 12.2. The molecule has 32 heavy (non-hydrogen) atoms. The van der Waals surface area contributed by atoms with Gasteiger partial charge in [-0.1, -0.05) is 12.1 Å². The molecule has 0 saturated carbocycles. The average molecular weight is 465 g/mol. The van der Waals surface area contributed by atoms with Crippen molar-refractivity contribution in [1.29, 1.82) is 0 Å². The van der Waals surface area contributed by atoms with E-state index in [0.29, 0.717) is 18.8 Å². The number of benzene rings is 2. The van der Waals surface area contributed by atoms with Crippen LogP contribution in [-0.4, -0.2) is 43.2 Å². The SMILES string of the molecule is CCS(=O)(=O)N1CCC(c2c[nH]c3ccc(OCc4cccc(OC(F)F)c4)cc23)CC1. The molecule has 0 bridgehead atoms. The Morgan fingerprint density at radius 1 is 1.12 bits per heavy atom. The molecule has 6 nitrogen and oxygen atoms in total. The van der Waals surface area contributed by atoms with Gasteiger partial charge in [-0.2, -0.15) is 8.78 Å². The summed E-state index contributed by atoms with van der Waals surface area (Å²) in [4.78, 5) is 3.29. The fraction of sp³-hybridized carbons (Fsp3) is 0.391. The Morgan fingerprint density at radius 2 is 1.91 bits per heavy atom. The van der Waals surface area contributed by atoms with Crippen LogP contribution >= 0.6 is 0 Å². The van der Waals surface area contributed by atoms with E-state index >= 15 is 0 Å². The predicted octanol–water partition coefficient (Wildman–Crippen LogP) is 4.88. The summed E-state index contributed by atoms with van der Waals surface area (Å²) in [6.45, 7) is 0.0834. The number of aromatic nitrogens is 1. The van der Waals surface area contributed by atoms with Gasteiger partial charge in [0.15, 0.2) is 0 Å². The van der Waals surface area contributed by atoms with Crippen molar-refractivity contribution >= 4 is 20.9 Å². The van der Waals surface area contributed by atoms with Gasteiger partial charge in [-0.3, -0.25) is 0 Å². The lowest BCUT2D eigenvalue weighted by molar-refractivity contribution is -0.0499. The fourth-order valence-electron chi connectivity index (χ4n) is 4.15. The number of alkyl halides is 2. The van der Waals surface area contributed by atoms with E-state index in [9.17, 15) is 17.2 Å². The van der Waals surface area contributed by atoms with Gasteiger partial charge in [-0.05, 0) is 67.1 Å². The summed E-state index contributed by atoms with van der Waals surface area (Å²) in [6.07, 6.45) is 3.54. The first-order valence-electron chi connectivity index (χ1n) is 10.6. The summed E-state index contributed by atoms with van der Waals surface area (Å²) in [7, 11) is -3.15. The Labute approximate surface area is 186 Å². The molecule has 2 heterocycles. The molecule has 0 amide bonds.